The van der Waals surface area contributed by atoms with Gasteiger partial charge >= 0.3 is 0 Å². The molecule has 22 heterocycles. The van der Waals surface area contributed by atoms with Gasteiger partial charge < -0.3 is 149 Å². The van der Waals surface area contributed by atoms with Crippen LogP contribution in [0.25, 0.3) is 0 Å². The van der Waals surface area contributed by atoms with E-state index in [-0.39, 0.29) is 0 Å². The van der Waals surface area contributed by atoms with Crippen LogP contribution in [0.2, 0.25) is 0 Å². The molecule has 30 heteroatoms. The van der Waals surface area contributed by atoms with Crippen LogP contribution in [0, 0.1) is 0 Å². The number of aliphatic hydroxyl groups excluding tert-OH is 17. The third-order valence-electron chi connectivity index (χ3n) is 12.8. The first-order valence-corrected chi connectivity index (χ1v) is 21.2. The normalized spacial score (nSPS) is 55.4. The molecule has 0 aromatic heterocycles. The van der Waals surface area contributed by atoms with Gasteiger partial charge in [-0.2, -0.15) is 0 Å². The molecule has 0 radical (unpaired) electrons. The van der Waals surface area contributed by atoms with Gasteiger partial charge in [0.15, 0.2) is 37.7 Å². The molecule has 22 aliphatic rings. The van der Waals surface area contributed by atoms with Gasteiger partial charge in [-0.15, -0.1) is 0 Å². The Hall–Kier alpha value is -1.20. The lowest BCUT2D eigenvalue weighted by atomic mass is 9.94. The highest BCUT2D eigenvalue weighted by Gasteiger charge is 2.58. The first kappa shape index (κ1) is 52.6. The van der Waals surface area contributed by atoms with E-state index in [4.69, 9.17) is 62.6 Å². The maximum Gasteiger partial charge on any atom is 0.187 e. The van der Waals surface area contributed by atoms with Gasteiger partial charge in [-0.05, 0) is 0 Å². The molecule has 30 atom stereocenters. The maximum atomic E-state index is 11.3. The smallest absolute Gasteiger partial charge is 0.187 e. The monoisotopic (exact) mass is 971 g/mol. The van der Waals surface area contributed by atoms with Crippen molar-refractivity contribution in [3.63, 3.8) is 0 Å². The van der Waals surface area contributed by atoms with Crippen molar-refractivity contribution in [2.75, 3.05) is 39.6 Å². The molecule has 66 heavy (non-hydrogen) atoms. The summed E-state index contributed by atoms with van der Waals surface area (Å²) in [6.07, 6.45) is -55.1. The van der Waals surface area contributed by atoms with E-state index in [1.165, 1.54) is 0 Å². The summed E-state index contributed by atoms with van der Waals surface area (Å²) in [4.78, 5) is 0. The lowest BCUT2D eigenvalue weighted by Gasteiger charge is -2.50. The van der Waals surface area contributed by atoms with Crippen molar-refractivity contribution in [3.8, 4) is 0 Å². The van der Waals surface area contributed by atoms with Crippen molar-refractivity contribution in [2.24, 2.45) is 5.73 Å². The third-order valence-corrected chi connectivity index (χ3v) is 12.8. The first-order valence-electron chi connectivity index (χ1n) is 21.2. The highest BCUT2D eigenvalue weighted by molar-refractivity contribution is 5.01. The van der Waals surface area contributed by atoms with Crippen LogP contribution in [0.15, 0.2) is 0 Å². The Morgan fingerprint density at radius 1 is 0.227 bits per heavy atom. The van der Waals surface area contributed by atoms with E-state index in [2.05, 4.69) is 0 Å². The van der Waals surface area contributed by atoms with Crippen LogP contribution < -0.4 is 5.73 Å². The number of hydrogen-bond acceptors (Lipinski definition) is 30. The van der Waals surface area contributed by atoms with Crippen molar-refractivity contribution in [3.05, 3.63) is 0 Å². The first-order chi connectivity index (χ1) is 31.4. The molecule has 0 saturated carbocycles. The Morgan fingerprint density at radius 3 is 0.591 bits per heavy atom. The second-order valence-corrected chi connectivity index (χ2v) is 16.9. The van der Waals surface area contributed by atoms with Crippen LogP contribution in [-0.4, -0.2) is 311 Å². The van der Waals surface area contributed by atoms with Crippen LogP contribution in [0.1, 0.15) is 0 Å². The molecule has 0 amide bonds. The molecular weight excluding hydrogens is 910 g/mol. The van der Waals surface area contributed by atoms with E-state index in [1.54, 1.807) is 0 Å². The zero-order valence-corrected chi connectivity index (χ0v) is 34.6. The summed E-state index contributed by atoms with van der Waals surface area (Å²) in [5, 5.41) is 185. The summed E-state index contributed by atoms with van der Waals surface area (Å²) < 4.78 is 68.3. The molecule has 22 saturated heterocycles. The predicted octanol–water partition coefficient (Wildman–Crippen LogP) is -13.1. The van der Waals surface area contributed by atoms with E-state index < -0.39 is 224 Å². The maximum absolute atomic E-state index is 11.3. The van der Waals surface area contributed by atoms with E-state index in [0.717, 1.165) is 0 Å². The van der Waals surface area contributed by atoms with Gasteiger partial charge in [0.1, 0.15) is 140 Å². The summed E-state index contributed by atoms with van der Waals surface area (Å²) in [7, 11) is 0. The third kappa shape index (κ3) is 10.0. The molecule has 12 bridgehead atoms. The summed E-state index contributed by atoms with van der Waals surface area (Å²) in [5.74, 6) is 0. The van der Waals surface area contributed by atoms with Crippen LogP contribution in [0.3, 0.4) is 0 Å². The Morgan fingerprint density at radius 2 is 0.394 bits per heavy atom. The Bertz CT molecular complexity index is 1240. The molecule has 22 rings (SSSR count). The molecule has 22 fully saturated rings. The van der Waals surface area contributed by atoms with Crippen LogP contribution in [0.4, 0.5) is 0 Å². The molecule has 0 aromatic carbocycles. The highest BCUT2D eigenvalue weighted by atomic mass is 16.8. The molecule has 19 N–H and O–H groups in total. The van der Waals surface area contributed by atoms with E-state index in [1.807, 2.05) is 0 Å². The molecule has 0 spiro atoms. The van der Waals surface area contributed by atoms with Crippen molar-refractivity contribution < 1.29 is 144 Å². The Balaban J connectivity index is 1.19. The number of hydrogen-bond donors (Lipinski definition) is 18. The SMILES string of the molecule is N[C@H]1[C@H](O)[C@@H]2O[C@H](CO)[C@H]1O[C@H]1O[C@H](CO)[C@@H](O[C@H]3O[C@H](CO)[C@@H](O[C@H]4O[C@H](CO)[C@@H](O[C@H]5O[C@H](CO)[C@@H](O[C@H]6O[C@H](CO)[C@@H](O2)C(O)[C@H]6O)[C@H](O)[C@H]5O)[C@H](O)[C@H]4O)[C@H](O)[C@H]3O)[C@H](O)[C@H]1O. The highest BCUT2D eigenvalue weighted by Crippen LogP contribution is 2.37. The standard InChI is InChI=1S/C36H61NO29/c37-13-14(44)31-55-7(1-38)25(13)61-32-20(50)15(45)27(9(3-40)56-32)63-34-22(52)17(47)29(11(5-42)58-34)65-36-24(54)19(49)30(12(6-43)60-36)66-35-23(53)18(48)28(10(4-41)59-35)64-33-21(51)16(46)26(62-31)8(2-39)57-33/h7-36,38-54H,1-6,37H2/t7-,8-,9-,10-,11-,12-,13+,14+,15-,16?,17-,18-,19-,20-,21-,22-,23-,24-,25-,26-,27-,28-,29-,30-,31-,32-,33-,34-,35-,36-/m1/s1. The number of aliphatic hydroxyl groups is 17. The van der Waals surface area contributed by atoms with Gasteiger partial charge in [0.05, 0.1) is 45.7 Å². The number of rotatable bonds is 6. The zero-order chi connectivity index (χ0) is 48.0. The molecule has 22 aliphatic heterocycles. The minimum atomic E-state index is -2.14. The fraction of sp³-hybridized carbons (Fsp3) is 1.00. The lowest BCUT2D eigenvalue weighted by Crippen LogP contribution is -2.69. The fourth-order valence-electron chi connectivity index (χ4n) is 8.99. The Labute approximate surface area is 373 Å². The summed E-state index contributed by atoms with van der Waals surface area (Å²) in [5.41, 5.74) is 6.31. The zero-order valence-electron chi connectivity index (χ0n) is 34.6. The molecule has 384 valence electrons. The van der Waals surface area contributed by atoms with Crippen molar-refractivity contribution >= 4 is 0 Å². The minimum Gasteiger partial charge on any atom is -0.394 e. The largest absolute Gasteiger partial charge is 0.394 e. The topological polar surface area (TPSA) is 481 Å². The van der Waals surface area contributed by atoms with E-state index >= 15 is 0 Å². The van der Waals surface area contributed by atoms with Crippen LogP contribution in [0.5, 0.6) is 0 Å². The average Bonchev–Trinajstić information content (AvgIpc) is 3.31. The van der Waals surface area contributed by atoms with Crippen molar-refractivity contribution in [2.45, 2.75) is 184 Å². The summed E-state index contributed by atoms with van der Waals surface area (Å²) >= 11 is 0. The van der Waals surface area contributed by atoms with E-state index in [9.17, 15) is 86.8 Å². The summed E-state index contributed by atoms with van der Waals surface area (Å²) in [6.45, 7) is -5.82. The summed E-state index contributed by atoms with van der Waals surface area (Å²) in [6, 6.07) is -1.61. The molecule has 0 aromatic rings. The average molecular weight is 972 g/mol. The fourth-order valence-corrected chi connectivity index (χ4v) is 8.99. The molecule has 0 aliphatic carbocycles. The van der Waals surface area contributed by atoms with Gasteiger partial charge in [-0.3, -0.25) is 0 Å². The molecular formula is C36H61NO29. The van der Waals surface area contributed by atoms with Crippen LogP contribution >= 0.6 is 0 Å². The molecule has 1 unspecified atom stereocenters. The number of ether oxygens (including phenoxy) is 12. The van der Waals surface area contributed by atoms with Gasteiger partial charge in [0.2, 0.25) is 0 Å². The van der Waals surface area contributed by atoms with Crippen molar-refractivity contribution in [1.29, 1.82) is 0 Å². The number of nitrogens with two attached hydrogens (primary N) is 1. The van der Waals surface area contributed by atoms with Crippen molar-refractivity contribution in [1.82, 2.24) is 0 Å². The van der Waals surface area contributed by atoms with Gasteiger partial charge in [0, 0.05) is 0 Å². The molecule has 30 nitrogen and oxygen atoms in total. The van der Waals surface area contributed by atoms with E-state index in [0.29, 0.717) is 0 Å². The quantitative estimate of drug-likeness (QED) is 0.117. The second kappa shape index (κ2) is 22.1. The predicted molar refractivity (Wildman–Crippen MR) is 198 cm³/mol. The van der Waals surface area contributed by atoms with Gasteiger partial charge in [-0.1, -0.05) is 0 Å². The Kier molecular flexibility index (Phi) is 17.6. The second-order valence-electron chi connectivity index (χ2n) is 16.9. The minimum absolute atomic E-state index is 0.919. The lowest BCUT2D eigenvalue weighted by molar-refractivity contribution is -0.401. The van der Waals surface area contributed by atoms with Crippen LogP contribution in [-0.2, 0) is 56.8 Å². The van der Waals surface area contributed by atoms with Gasteiger partial charge in [-0.25, -0.2) is 0 Å². The van der Waals surface area contributed by atoms with Gasteiger partial charge in [0.25, 0.3) is 0 Å².